The van der Waals surface area contributed by atoms with Crippen LogP contribution >= 0.6 is 0 Å². The van der Waals surface area contributed by atoms with Gasteiger partial charge in [-0.2, -0.15) is 0 Å². The van der Waals surface area contributed by atoms with Gasteiger partial charge in [-0.3, -0.25) is 29.0 Å². The Morgan fingerprint density at radius 2 is 1.03 bits per heavy atom. The van der Waals surface area contributed by atoms with Gasteiger partial charge in [0, 0.05) is 0 Å². The minimum absolute atomic E-state index is 0.0744. The molecule has 0 N–H and O–H groups in total. The fourth-order valence-corrected chi connectivity index (χ4v) is 7.15. The molecule has 162 valence electrons. The first-order valence-corrected chi connectivity index (χ1v) is 11.0. The summed E-state index contributed by atoms with van der Waals surface area (Å²) >= 11 is 0. The minimum Gasteiger partial charge on any atom is -0.467 e. The average molecular weight is 432 g/mol. The first kappa shape index (κ1) is 18.2. The van der Waals surface area contributed by atoms with E-state index in [-0.39, 0.29) is 60.4 Å². The van der Waals surface area contributed by atoms with Gasteiger partial charge in [-0.1, -0.05) is 12.2 Å². The van der Waals surface area contributed by atoms with Crippen molar-refractivity contribution in [3.05, 3.63) is 60.5 Å². The van der Waals surface area contributed by atoms with E-state index >= 15 is 0 Å². The average Bonchev–Trinajstić information content (AvgIpc) is 3.54. The quantitative estimate of drug-likeness (QED) is 0.540. The Bertz CT molecular complexity index is 1130. The topological polar surface area (TPSA) is 101 Å². The molecule has 2 aliphatic heterocycles. The van der Waals surface area contributed by atoms with E-state index in [0.29, 0.717) is 11.5 Å². The van der Waals surface area contributed by atoms with Gasteiger partial charge < -0.3 is 8.83 Å². The number of hydrogen-bond acceptors (Lipinski definition) is 6. The standard InChI is InChI=1S/C24H20N2O6/c27-21-17-13-5-6-14(18(17)22(28)25(21)9-11-3-1-7-31-11)16-15(13)19-20(16)24(30)26(23(19)29)10-12-4-2-8-32-12/h1-8,13-20H,9-10H2/t13-,14+,15-,16-,17+,18-,19-,20-/m1/s1. The van der Waals surface area contributed by atoms with Crippen molar-refractivity contribution in [1.29, 1.82) is 0 Å². The third-order valence-corrected chi connectivity index (χ3v) is 8.31. The summed E-state index contributed by atoms with van der Waals surface area (Å²) in [5.41, 5.74) is 0. The van der Waals surface area contributed by atoms with Crippen LogP contribution in [0.1, 0.15) is 11.5 Å². The summed E-state index contributed by atoms with van der Waals surface area (Å²) in [6.07, 6.45) is 7.06. The Morgan fingerprint density at radius 3 is 1.41 bits per heavy atom. The molecule has 0 radical (unpaired) electrons. The molecular formula is C24H20N2O6. The predicted octanol–water partition coefficient (Wildman–Crippen LogP) is 1.84. The second-order valence-corrected chi connectivity index (χ2v) is 9.48. The molecule has 2 saturated heterocycles. The molecule has 0 spiro atoms. The van der Waals surface area contributed by atoms with Crippen LogP contribution in [-0.4, -0.2) is 33.4 Å². The largest absolute Gasteiger partial charge is 0.467 e. The van der Waals surface area contributed by atoms with Gasteiger partial charge in [0.2, 0.25) is 23.6 Å². The van der Waals surface area contributed by atoms with E-state index in [9.17, 15) is 19.2 Å². The van der Waals surface area contributed by atoms with Crippen molar-refractivity contribution < 1.29 is 28.0 Å². The highest BCUT2D eigenvalue weighted by Gasteiger charge is 2.74. The van der Waals surface area contributed by atoms with E-state index < -0.39 is 23.7 Å². The summed E-state index contributed by atoms with van der Waals surface area (Å²) < 4.78 is 10.7. The van der Waals surface area contributed by atoms with Crippen LogP contribution in [0.25, 0.3) is 0 Å². The van der Waals surface area contributed by atoms with E-state index in [1.165, 1.54) is 22.3 Å². The zero-order chi connectivity index (χ0) is 21.7. The van der Waals surface area contributed by atoms with Gasteiger partial charge in [0.1, 0.15) is 11.5 Å². The Balaban J connectivity index is 1.20. The fourth-order valence-electron chi connectivity index (χ4n) is 7.15. The number of allylic oxidation sites excluding steroid dienone is 2. The van der Waals surface area contributed by atoms with Crippen molar-refractivity contribution in [2.24, 2.45) is 47.3 Å². The lowest BCUT2D eigenvalue weighted by Gasteiger charge is -2.60. The Hall–Kier alpha value is -3.42. The number of carbonyl (C=O) groups is 4. The van der Waals surface area contributed by atoms with Gasteiger partial charge in [-0.25, -0.2) is 0 Å². The summed E-state index contributed by atoms with van der Waals surface area (Å²) in [5, 5.41) is 0. The van der Waals surface area contributed by atoms with Crippen LogP contribution in [-0.2, 0) is 32.3 Å². The molecule has 8 rings (SSSR count). The minimum atomic E-state index is -0.461. The molecule has 8 heteroatoms. The first-order valence-electron chi connectivity index (χ1n) is 11.0. The Morgan fingerprint density at radius 1 is 0.625 bits per heavy atom. The molecular weight excluding hydrogens is 412 g/mol. The molecule has 4 amide bonds. The van der Waals surface area contributed by atoms with Crippen molar-refractivity contribution >= 4 is 23.6 Å². The lowest BCUT2D eigenvalue weighted by atomic mass is 9.40. The molecule has 4 fully saturated rings. The molecule has 2 aromatic heterocycles. The van der Waals surface area contributed by atoms with Crippen molar-refractivity contribution in [3.63, 3.8) is 0 Å². The highest BCUT2D eigenvalue weighted by molar-refractivity contribution is 6.09. The van der Waals surface area contributed by atoms with Crippen molar-refractivity contribution in [2.75, 3.05) is 0 Å². The molecule has 0 aromatic carbocycles. The molecule has 4 aliphatic carbocycles. The second kappa shape index (κ2) is 6.09. The number of fused-ring (bicyclic) bond motifs is 1. The summed E-state index contributed by atoms with van der Waals surface area (Å²) in [7, 11) is 0. The maximum absolute atomic E-state index is 13.3. The SMILES string of the molecule is O=C1[C@@H]2[C@H]3C=C[C@@H]([C@@H]2C(=O)N1Cc1ccco1)[C@H]1[C@H]2C(=O)N(Cc4ccco4)C(=O)[C@@H]2[C@H]31. The number of imide groups is 2. The Kier molecular flexibility index (Phi) is 3.46. The zero-order valence-electron chi connectivity index (χ0n) is 17.0. The maximum atomic E-state index is 13.3. The van der Waals surface area contributed by atoms with E-state index in [4.69, 9.17) is 8.83 Å². The van der Waals surface area contributed by atoms with Crippen LogP contribution in [0.3, 0.4) is 0 Å². The smallest absolute Gasteiger partial charge is 0.234 e. The highest BCUT2D eigenvalue weighted by Crippen LogP contribution is 2.68. The lowest BCUT2D eigenvalue weighted by molar-refractivity contribution is -0.166. The van der Waals surface area contributed by atoms with Crippen molar-refractivity contribution in [2.45, 2.75) is 13.1 Å². The molecule has 0 unspecified atom stereocenters. The molecule has 6 aliphatic rings. The Labute approximate surface area is 182 Å². The van der Waals surface area contributed by atoms with Gasteiger partial charge in [0.25, 0.3) is 0 Å². The van der Waals surface area contributed by atoms with E-state index in [0.717, 1.165) is 0 Å². The van der Waals surface area contributed by atoms with E-state index in [1.807, 2.05) is 12.2 Å². The number of carbonyl (C=O) groups excluding carboxylic acids is 4. The summed E-state index contributed by atoms with van der Waals surface area (Å²) in [4.78, 5) is 55.6. The molecule has 8 nitrogen and oxygen atoms in total. The van der Waals surface area contributed by atoms with Crippen molar-refractivity contribution in [3.8, 4) is 0 Å². The van der Waals surface area contributed by atoms with Crippen LogP contribution in [0.15, 0.2) is 57.8 Å². The molecule has 8 atom stereocenters. The first-order chi connectivity index (χ1) is 15.6. The van der Waals surface area contributed by atoms with Crippen LogP contribution in [0.4, 0.5) is 0 Å². The third kappa shape index (κ3) is 2.07. The molecule has 4 heterocycles. The van der Waals surface area contributed by atoms with Gasteiger partial charge >= 0.3 is 0 Å². The highest BCUT2D eigenvalue weighted by atomic mass is 16.3. The lowest BCUT2D eigenvalue weighted by Crippen LogP contribution is -2.63. The summed E-state index contributed by atoms with van der Waals surface area (Å²) in [6.45, 7) is 0.246. The van der Waals surface area contributed by atoms with Gasteiger partial charge in [-0.05, 0) is 47.9 Å². The zero-order valence-corrected chi connectivity index (χ0v) is 17.0. The number of likely N-dealkylation sites (tertiary alicyclic amines) is 2. The number of nitrogens with zero attached hydrogens (tertiary/aromatic N) is 2. The number of amides is 4. The molecule has 2 saturated carbocycles. The fraction of sp³-hybridized carbons (Fsp3) is 0.417. The number of hydrogen-bond donors (Lipinski definition) is 0. The number of rotatable bonds is 4. The van der Waals surface area contributed by atoms with Gasteiger partial charge in [-0.15, -0.1) is 0 Å². The molecule has 2 bridgehead atoms. The van der Waals surface area contributed by atoms with Crippen LogP contribution in [0.5, 0.6) is 0 Å². The normalized spacial score (nSPS) is 38.9. The van der Waals surface area contributed by atoms with Crippen LogP contribution < -0.4 is 0 Å². The molecule has 2 aromatic rings. The maximum Gasteiger partial charge on any atom is 0.234 e. The second-order valence-electron chi connectivity index (χ2n) is 9.48. The monoisotopic (exact) mass is 432 g/mol. The summed E-state index contributed by atoms with van der Waals surface area (Å²) in [6, 6.07) is 6.94. The van der Waals surface area contributed by atoms with Gasteiger partial charge in [0.15, 0.2) is 0 Å². The third-order valence-electron chi connectivity index (χ3n) is 8.31. The van der Waals surface area contributed by atoms with Crippen molar-refractivity contribution in [1.82, 2.24) is 9.80 Å². The predicted molar refractivity (Wildman–Crippen MR) is 106 cm³/mol. The van der Waals surface area contributed by atoms with E-state index in [2.05, 4.69) is 0 Å². The van der Waals surface area contributed by atoms with Gasteiger partial charge in [0.05, 0.1) is 49.3 Å². The van der Waals surface area contributed by atoms with Crippen LogP contribution in [0, 0.1) is 47.3 Å². The summed E-state index contributed by atoms with van der Waals surface area (Å²) in [5.74, 6) is -1.92. The molecule has 32 heavy (non-hydrogen) atoms. The van der Waals surface area contributed by atoms with E-state index in [1.54, 1.807) is 24.3 Å². The van der Waals surface area contributed by atoms with Crippen LogP contribution in [0.2, 0.25) is 0 Å². The number of furan rings is 2.